The molecule has 0 heteroatoms. The maximum absolute atomic E-state index is 2.33. The Kier molecular flexibility index (Phi) is 9.53. The van der Waals surface area contributed by atoms with Gasteiger partial charge in [-0.2, -0.15) is 0 Å². The molecule has 0 amide bonds. The van der Waals surface area contributed by atoms with Crippen LogP contribution < -0.4 is 0 Å². The van der Waals surface area contributed by atoms with Crippen LogP contribution in [0.5, 0.6) is 0 Å². The first-order valence-corrected chi connectivity index (χ1v) is 13.0. The second kappa shape index (κ2) is 11.7. The fraction of sp³-hybridized carbons (Fsp3) is 0.455. The first-order chi connectivity index (χ1) is 15.6. The first kappa shape index (κ1) is 26.9. The van der Waals surface area contributed by atoms with Gasteiger partial charge in [-0.15, -0.1) is 0 Å². The van der Waals surface area contributed by atoms with Crippen molar-refractivity contribution in [1.29, 1.82) is 0 Å². The molecule has 0 spiro atoms. The van der Waals surface area contributed by atoms with E-state index in [4.69, 9.17) is 0 Å². The van der Waals surface area contributed by atoms with Crippen molar-refractivity contribution in [2.45, 2.75) is 99.8 Å². The zero-order valence-corrected chi connectivity index (χ0v) is 23.0. The topological polar surface area (TPSA) is 0 Å². The van der Waals surface area contributed by atoms with Crippen LogP contribution >= 0.6 is 0 Å². The van der Waals surface area contributed by atoms with E-state index in [2.05, 4.69) is 117 Å². The molecule has 0 bridgehead atoms. The van der Waals surface area contributed by atoms with Crippen LogP contribution in [0.2, 0.25) is 0 Å². The highest BCUT2D eigenvalue weighted by molar-refractivity contribution is 5.84. The molecule has 3 rings (SSSR count). The second-order valence-corrected chi connectivity index (χ2v) is 10.2. The van der Waals surface area contributed by atoms with Crippen LogP contribution in [-0.2, 0) is 0 Å². The van der Waals surface area contributed by atoms with Crippen molar-refractivity contribution in [2.24, 2.45) is 0 Å². The standard InChI is InChI=1S/C31H40.C2H6/c1-19(2)24-13-10-14-25(20(3)4)30(24)28-17-12-18-29(23(28)9)31-26(21(5)6)15-11-16-27(31)22(7)8;1-2/h10-22H,1-9H3;1-2H3. The molecule has 0 fully saturated rings. The van der Waals surface area contributed by atoms with E-state index in [1.807, 2.05) is 13.8 Å². The molecule has 3 aromatic carbocycles. The molecular weight excluding hydrogens is 396 g/mol. The van der Waals surface area contributed by atoms with Gasteiger partial charge in [0, 0.05) is 0 Å². The zero-order chi connectivity index (χ0) is 24.9. The molecule has 0 N–H and O–H groups in total. The molecule has 0 unspecified atom stereocenters. The van der Waals surface area contributed by atoms with E-state index in [-0.39, 0.29) is 0 Å². The van der Waals surface area contributed by atoms with Crippen LogP contribution in [-0.4, -0.2) is 0 Å². The van der Waals surface area contributed by atoms with Crippen molar-refractivity contribution in [1.82, 2.24) is 0 Å². The van der Waals surface area contributed by atoms with E-state index in [1.54, 1.807) is 0 Å². The van der Waals surface area contributed by atoms with Crippen LogP contribution in [0.4, 0.5) is 0 Å². The highest BCUT2D eigenvalue weighted by Crippen LogP contribution is 2.43. The van der Waals surface area contributed by atoms with Crippen molar-refractivity contribution >= 4 is 0 Å². The second-order valence-electron chi connectivity index (χ2n) is 10.2. The maximum atomic E-state index is 2.33. The van der Waals surface area contributed by atoms with Gasteiger partial charge in [-0.3, -0.25) is 0 Å². The quantitative estimate of drug-likeness (QED) is 0.356. The highest BCUT2D eigenvalue weighted by atomic mass is 14.3. The van der Waals surface area contributed by atoms with E-state index >= 15 is 0 Å². The summed E-state index contributed by atoms with van der Waals surface area (Å²) in [5, 5.41) is 0. The number of rotatable bonds is 6. The molecule has 178 valence electrons. The summed E-state index contributed by atoms with van der Waals surface area (Å²) < 4.78 is 0. The maximum Gasteiger partial charge on any atom is -0.0112 e. The predicted molar refractivity (Wildman–Crippen MR) is 150 cm³/mol. The van der Waals surface area contributed by atoms with Gasteiger partial charge >= 0.3 is 0 Å². The van der Waals surface area contributed by atoms with E-state index in [9.17, 15) is 0 Å². The van der Waals surface area contributed by atoms with Gasteiger partial charge in [0.15, 0.2) is 0 Å². The lowest BCUT2D eigenvalue weighted by molar-refractivity contribution is 0.836. The molecule has 0 aromatic heterocycles. The molecule has 0 aliphatic rings. The molecule has 0 aliphatic carbocycles. The summed E-state index contributed by atoms with van der Waals surface area (Å²) in [4.78, 5) is 0. The van der Waals surface area contributed by atoms with Crippen LogP contribution in [0.1, 0.15) is 121 Å². The molecule has 3 aromatic rings. The Bertz CT molecular complexity index is 913. The third-order valence-electron chi connectivity index (χ3n) is 6.62. The van der Waals surface area contributed by atoms with Gasteiger partial charge in [-0.05, 0) is 80.7 Å². The first-order valence-electron chi connectivity index (χ1n) is 13.0. The Morgan fingerprint density at radius 2 is 0.667 bits per heavy atom. The van der Waals surface area contributed by atoms with Gasteiger partial charge < -0.3 is 0 Å². The lowest BCUT2D eigenvalue weighted by Gasteiger charge is -2.25. The fourth-order valence-electron chi connectivity index (χ4n) is 4.90. The van der Waals surface area contributed by atoms with Gasteiger partial charge in [0.1, 0.15) is 0 Å². The smallest absolute Gasteiger partial charge is 0.0112 e. The monoisotopic (exact) mass is 442 g/mol. The zero-order valence-electron chi connectivity index (χ0n) is 23.0. The Balaban J connectivity index is 0.00000187. The van der Waals surface area contributed by atoms with Gasteiger partial charge in [-0.1, -0.05) is 124 Å². The van der Waals surface area contributed by atoms with Gasteiger partial charge in [0.05, 0.1) is 0 Å². The summed E-state index contributed by atoms with van der Waals surface area (Å²) >= 11 is 0. The molecule has 33 heavy (non-hydrogen) atoms. The van der Waals surface area contributed by atoms with Crippen molar-refractivity contribution in [2.75, 3.05) is 0 Å². The minimum absolute atomic E-state index is 0.492. The third kappa shape index (κ3) is 5.60. The Labute approximate surface area is 204 Å². The lowest BCUT2D eigenvalue weighted by Crippen LogP contribution is -2.04. The molecule has 0 atom stereocenters. The Morgan fingerprint density at radius 3 is 0.909 bits per heavy atom. The van der Waals surface area contributed by atoms with E-state index in [0.717, 1.165) is 0 Å². The molecule has 0 aliphatic heterocycles. The number of hydrogen-bond donors (Lipinski definition) is 0. The molecule has 0 nitrogen and oxygen atoms in total. The number of benzene rings is 3. The summed E-state index contributed by atoms with van der Waals surface area (Å²) in [5.74, 6) is 1.97. The van der Waals surface area contributed by atoms with Crippen LogP contribution in [0.25, 0.3) is 22.3 Å². The summed E-state index contributed by atoms with van der Waals surface area (Å²) in [6, 6.07) is 20.7. The summed E-state index contributed by atoms with van der Waals surface area (Å²) in [6.07, 6.45) is 0. The van der Waals surface area contributed by atoms with Crippen LogP contribution in [0.15, 0.2) is 54.6 Å². The molecule has 0 heterocycles. The predicted octanol–water partition coefficient (Wildman–Crippen LogP) is 10.8. The summed E-state index contributed by atoms with van der Waals surface area (Å²) in [5.41, 5.74) is 12.9. The average molecular weight is 443 g/mol. The van der Waals surface area contributed by atoms with Gasteiger partial charge in [-0.25, -0.2) is 0 Å². The largest absolute Gasteiger partial charge is 0.0683 e. The van der Waals surface area contributed by atoms with Gasteiger partial charge in [0.2, 0.25) is 0 Å². The normalized spacial score (nSPS) is 11.4. The molecule has 0 radical (unpaired) electrons. The van der Waals surface area contributed by atoms with Crippen molar-refractivity contribution in [3.05, 3.63) is 82.4 Å². The fourth-order valence-corrected chi connectivity index (χ4v) is 4.90. The average Bonchev–Trinajstić information content (AvgIpc) is 2.79. The molecule has 0 saturated heterocycles. The summed E-state index contributed by atoms with van der Waals surface area (Å²) in [6.45, 7) is 24.8. The van der Waals surface area contributed by atoms with Crippen LogP contribution in [0.3, 0.4) is 0 Å². The number of hydrogen-bond acceptors (Lipinski definition) is 0. The highest BCUT2D eigenvalue weighted by Gasteiger charge is 2.21. The lowest BCUT2D eigenvalue weighted by atomic mass is 9.79. The minimum atomic E-state index is 0.492. The van der Waals surface area contributed by atoms with E-state index in [0.29, 0.717) is 23.7 Å². The van der Waals surface area contributed by atoms with Crippen molar-refractivity contribution in [3.63, 3.8) is 0 Å². The Morgan fingerprint density at radius 1 is 0.424 bits per heavy atom. The Hall–Kier alpha value is -2.34. The van der Waals surface area contributed by atoms with E-state index in [1.165, 1.54) is 50.1 Å². The molecular formula is C33H46. The van der Waals surface area contributed by atoms with E-state index < -0.39 is 0 Å². The SMILES string of the molecule is CC.Cc1c(-c2c(C(C)C)cccc2C(C)C)cccc1-c1c(C(C)C)cccc1C(C)C. The minimum Gasteiger partial charge on any atom is -0.0683 e. The van der Waals surface area contributed by atoms with Crippen molar-refractivity contribution in [3.8, 4) is 22.3 Å². The van der Waals surface area contributed by atoms with Gasteiger partial charge in [0.25, 0.3) is 0 Å². The third-order valence-corrected chi connectivity index (χ3v) is 6.62. The summed E-state index contributed by atoms with van der Waals surface area (Å²) in [7, 11) is 0. The van der Waals surface area contributed by atoms with Crippen LogP contribution in [0, 0.1) is 6.92 Å². The van der Waals surface area contributed by atoms with Crippen molar-refractivity contribution < 1.29 is 0 Å². The molecule has 0 saturated carbocycles.